The minimum atomic E-state index is -1.05. The number of benzene rings is 2. The number of aliphatic carboxylic acids is 2. The Hall–Kier alpha value is -1.86. The molecule has 26 heavy (non-hydrogen) atoms. The molecule has 0 aliphatic carbocycles. The number of hydrogen-bond acceptors (Lipinski definition) is 4. The minimum Gasteiger partial charge on any atom is -0.480 e. The summed E-state index contributed by atoms with van der Waals surface area (Å²) >= 11 is 22.7. The zero-order valence-corrected chi connectivity index (χ0v) is 15.9. The lowest BCUT2D eigenvalue weighted by Gasteiger charge is -2.04. The first-order valence-corrected chi connectivity index (χ1v) is 8.29. The predicted octanol–water partition coefficient (Wildman–Crippen LogP) is 4.91. The maximum Gasteiger partial charge on any atom is 0.341 e. The average Bonchev–Trinajstić information content (AvgIpc) is 2.53. The van der Waals surface area contributed by atoms with Gasteiger partial charge in [-0.2, -0.15) is 0 Å². The van der Waals surface area contributed by atoms with E-state index in [9.17, 15) is 9.59 Å². The van der Waals surface area contributed by atoms with Crippen LogP contribution >= 0.6 is 46.4 Å². The molecule has 0 saturated heterocycles. The summed E-state index contributed by atoms with van der Waals surface area (Å²) in [5, 5.41) is 18.2. The summed E-state index contributed by atoms with van der Waals surface area (Å²) < 4.78 is 9.73. The zero-order valence-electron chi connectivity index (χ0n) is 12.9. The first-order chi connectivity index (χ1) is 12.2. The number of ether oxygens (including phenoxy) is 2. The predicted molar refractivity (Wildman–Crippen MR) is 99.2 cm³/mol. The van der Waals surface area contributed by atoms with E-state index >= 15 is 0 Å². The number of carbonyl (C=O) groups is 2. The van der Waals surface area contributed by atoms with E-state index in [4.69, 9.17) is 66.1 Å². The number of halogens is 4. The van der Waals surface area contributed by atoms with Crippen molar-refractivity contribution in [3.8, 4) is 11.5 Å². The van der Waals surface area contributed by atoms with Crippen LogP contribution in [0.2, 0.25) is 20.1 Å². The maximum absolute atomic E-state index is 10.2. The van der Waals surface area contributed by atoms with Gasteiger partial charge in [-0.1, -0.05) is 46.4 Å². The highest BCUT2D eigenvalue weighted by atomic mass is 35.5. The van der Waals surface area contributed by atoms with Crippen LogP contribution in [0.4, 0.5) is 0 Å². The third-order valence-corrected chi connectivity index (χ3v) is 3.55. The van der Waals surface area contributed by atoms with Gasteiger partial charge in [-0.3, -0.25) is 0 Å². The molecule has 0 atom stereocenters. The fourth-order valence-corrected chi connectivity index (χ4v) is 2.39. The molecule has 0 unspecified atom stereocenters. The highest BCUT2D eigenvalue weighted by Gasteiger charge is 2.05. The summed E-state index contributed by atoms with van der Waals surface area (Å²) in [6, 6.07) is 9.16. The first kappa shape index (κ1) is 22.2. The van der Waals surface area contributed by atoms with E-state index in [-0.39, 0.29) is 0 Å². The van der Waals surface area contributed by atoms with E-state index < -0.39 is 25.2 Å². The molecule has 0 saturated carbocycles. The van der Waals surface area contributed by atoms with Crippen molar-refractivity contribution in [1.29, 1.82) is 0 Å². The molecule has 2 N–H and O–H groups in total. The van der Waals surface area contributed by atoms with Crippen molar-refractivity contribution in [2.24, 2.45) is 0 Å². The van der Waals surface area contributed by atoms with Crippen molar-refractivity contribution < 1.29 is 29.3 Å². The first-order valence-electron chi connectivity index (χ1n) is 6.78. The van der Waals surface area contributed by atoms with E-state index in [2.05, 4.69) is 0 Å². The molecule has 2 rings (SSSR count). The van der Waals surface area contributed by atoms with Gasteiger partial charge in [-0.15, -0.1) is 0 Å². The van der Waals surface area contributed by atoms with Gasteiger partial charge in [0.2, 0.25) is 0 Å². The number of carboxylic acid groups (broad SMARTS) is 2. The van der Waals surface area contributed by atoms with Crippen LogP contribution in [0.1, 0.15) is 0 Å². The van der Waals surface area contributed by atoms with Crippen molar-refractivity contribution in [3.05, 3.63) is 56.5 Å². The molecule has 0 heterocycles. The lowest BCUT2D eigenvalue weighted by Crippen LogP contribution is -2.09. The van der Waals surface area contributed by atoms with Crippen molar-refractivity contribution >= 4 is 58.3 Å². The fourth-order valence-electron chi connectivity index (χ4n) is 1.46. The Morgan fingerprint density at radius 3 is 1.35 bits per heavy atom. The van der Waals surface area contributed by atoms with Crippen LogP contribution in [0.3, 0.4) is 0 Å². The third-order valence-electron chi connectivity index (χ3n) is 2.49. The van der Waals surface area contributed by atoms with Gasteiger partial charge in [-0.05, 0) is 36.4 Å². The molecule has 2 aromatic carbocycles. The van der Waals surface area contributed by atoms with Crippen LogP contribution in [-0.2, 0) is 9.59 Å². The molecule has 0 aromatic heterocycles. The normalized spacial score (nSPS) is 9.69. The van der Waals surface area contributed by atoms with Gasteiger partial charge in [0.15, 0.2) is 13.2 Å². The molecular weight excluding hydrogens is 430 g/mol. The Balaban J connectivity index is 0.000000260. The van der Waals surface area contributed by atoms with Gasteiger partial charge in [0.25, 0.3) is 0 Å². The quantitative estimate of drug-likeness (QED) is 0.661. The maximum atomic E-state index is 10.2. The molecule has 0 aliphatic heterocycles. The number of rotatable bonds is 6. The van der Waals surface area contributed by atoms with Gasteiger partial charge < -0.3 is 19.7 Å². The summed E-state index contributed by atoms with van der Waals surface area (Å²) in [6.07, 6.45) is 0. The Labute approximate surface area is 168 Å². The SMILES string of the molecule is O=C(O)COc1ccc(Cl)cc1Cl.O=C(O)COc1ccc(Cl)cc1Cl. The van der Waals surface area contributed by atoms with Gasteiger partial charge in [0.05, 0.1) is 10.0 Å². The van der Waals surface area contributed by atoms with E-state index in [1.165, 1.54) is 24.3 Å². The van der Waals surface area contributed by atoms with E-state index in [1.807, 2.05) is 0 Å². The summed E-state index contributed by atoms with van der Waals surface area (Å²) in [4.78, 5) is 20.3. The Bertz CT molecular complexity index is 716. The second-order valence-electron chi connectivity index (χ2n) is 4.51. The molecular formula is C16H12Cl4O6. The standard InChI is InChI=1S/2C8H6Cl2O3/c2*9-5-1-2-7(6(10)3-5)13-4-8(11)12/h2*1-3H,4H2,(H,11,12). The molecule has 0 fully saturated rings. The minimum absolute atomic E-state index is 0.300. The number of carboxylic acids is 2. The monoisotopic (exact) mass is 440 g/mol. The smallest absolute Gasteiger partial charge is 0.341 e. The van der Waals surface area contributed by atoms with E-state index in [0.717, 1.165) is 0 Å². The average molecular weight is 442 g/mol. The molecule has 0 spiro atoms. The van der Waals surface area contributed by atoms with E-state index in [1.54, 1.807) is 12.1 Å². The van der Waals surface area contributed by atoms with Crippen LogP contribution in [0.15, 0.2) is 36.4 Å². The van der Waals surface area contributed by atoms with Gasteiger partial charge in [0, 0.05) is 10.0 Å². The Morgan fingerprint density at radius 1 is 0.731 bits per heavy atom. The Morgan fingerprint density at radius 2 is 1.08 bits per heavy atom. The van der Waals surface area contributed by atoms with Crippen LogP contribution in [0, 0.1) is 0 Å². The molecule has 0 aliphatic rings. The van der Waals surface area contributed by atoms with Crippen LogP contribution in [0.25, 0.3) is 0 Å². The van der Waals surface area contributed by atoms with Gasteiger partial charge >= 0.3 is 11.9 Å². The fraction of sp³-hybridized carbons (Fsp3) is 0.125. The third kappa shape index (κ3) is 8.49. The zero-order chi connectivity index (χ0) is 19.7. The Kier molecular flexibility index (Phi) is 9.37. The summed E-state index contributed by atoms with van der Waals surface area (Å²) in [7, 11) is 0. The lowest BCUT2D eigenvalue weighted by atomic mass is 10.3. The van der Waals surface area contributed by atoms with Crippen LogP contribution < -0.4 is 9.47 Å². The molecule has 0 bridgehead atoms. The highest BCUT2D eigenvalue weighted by Crippen LogP contribution is 2.28. The van der Waals surface area contributed by atoms with Crippen molar-refractivity contribution in [1.82, 2.24) is 0 Å². The lowest BCUT2D eigenvalue weighted by molar-refractivity contribution is -0.140. The summed E-state index contributed by atoms with van der Waals surface area (Å²) in [5.74, 6) is -1.47. The molecule has 2 aromatic rings. The largest absolute Gasteiger partial charge is 0.480 e. The summed E-state index contributed by atoms with van der Waals surface area (Å²) in [6.45, 7) is -0.831. The van der Waals surface area contributed by atoms with E-state index in [0.29, 0.717) is 31.6 Å². The highest BCUT2D eigenvalue weighted by molar-refractivity contribution is 6.36. The van der Waals surface area contributed by atoms with Crippen LogP contribution in [-0.4, -0.2) is 35.4 Å². The number of hydrogen-bond donors (Lipinski definition) is 2. The van der Waals surface area contributed by atoms with Gasteiger partial charge in [0.1, 0.15) is 11.5 Å². The van der Waals surface area contributed by atoms with Gasteiger partial charge in [-0.25, -0.2) is 9.59 Å². The second-order valence-corrected chi connectivity index (χ2v) is 6.20. The molecule has 10 heteroatoms. The molecule has 140 valence electrons. The second kappa shape index (κ2) is 11.0. The summed E-state index contributed by atoms with van der Waals surface area (Å²) in [5.41, 5.74) is 0. The molecule has 0 amide bonds. The van der Waals surface area contributed by atoms with Crippen molar-refractivity contribution in [2.45, 2.75) is 0 Å². The topological polar surface area (TPSA) is 93.1 Å². The molecule has 0 radical (unpaired) electrons. The van der Waals surface area contributed by atoms with Crippen LogP contribution in [0.5, 0.6) is 11.5 Å². The molecule has 6 nitrogen and oxygen atoms in total. The van der Waals surface area contributed by atoms with Crippen molar-refractivity contribution in [3.63, 3.8) is 0 Å². The van der Waals surface area contributed by atoms with Crippen molar-refractivity contribution in [2.75, 3.05) is 13.2 Å².